The van der Waals surface area contributed by atoms with Crippen molar-refractivity contribution in [3.63, 3.8) is 0 Å². The van der Waals surface area contributed by atoms with Crippen LogP contribution >= 0.6 is 0 Å². The topological polar surface area (TPSA) is 168 Å². The van der Waals surface area contributed by atoms with E-state index in [1.165, 1.54) is 36.4 Å². The summed E-state index contributed by atoms with van der Waals surface area (Å²) in [5.41, 5.74) is -0.168. The van der Waals surface area contributed by atoms with E-state index in [2.05, 4.69) is 0 Å². The second-order valence-corrected chi connectivity index (χ2v) is 7.83. The average Bonchev–Trinajstić information content (AvgIpc) is 2.89. The molecule has 0 atom stereocenters. The molecule has 0 saturated heterocycles. The van der Waals surface area contributed by atoms with E-state index < -0.39 is 35.0 Å². The van der Waals surface area contributed by atoms with E-state index in [0.717, 1.165) is 11.1 Å². The van der Waals surface area contributed by atoms with Gasteiger partial charge in [0, 0.05) is 0 Å². The highest BCUT2D eigenvalue weighted by atomic mass is 16.5. The van der Waals surface area contributed by atoms with Crippen LogP contribution in [0.5, 0.6) is 23.0 Å². The van der Waals surface area contributed by atoms with Gasteiger partial charge in [0.05, 0.1) is 11.1 Å². The van der Waals surface area contributed by atoms with Gasteiger partial charge in [-0.25, -0.2) is 19.2 Å². The highest BCUT2D eigenvalue weighted by Crippen LogP contribution is 2.32. The second-order valence-electron chi connectivity index (χ2n) is 7.83. The van der Waals surface area contributed by atoms with Crippen LogP contribution in [-0.2, 0) is 0 Å². The maximum Gasteiger partial charge on any atom is 0.340 e. The first kappa shape index (κ1) is 25.5. The van der Waals surface area contributed by atoms with Crippen LogP contribution in [0.25, 0.3) is 11.1 Å². The monoisotopic (exact) mass is 514 g/mol. The minimum Gasteiger partial charge on any atom is -0.478 e. The quantitative estimate of drug-likeness (QED) is 0.216. The number of carbonyl (C=O) groups is 4. The highest BCUT2D eigenvalue weighted by Gasteiger charge is 2.22. The molecule has 4 N–H and O–H groups in total. The number of ether oxygens (including phenoxy) is 2. The summed E-state index contributed by atoms with van der Waals surface area (Å²) in [5, 5.41) is 37.4. The molecule has 0 aliphatic rings. The molecule has 0 spiro atoms. The van der Waals surface area contributed by atoms with Gasteiger partial charge in [-0.15, -0.1) is 0 Å². The van der Waals surface area contributed by atoms with Gasteiger partial charge in [0.15, 0.2) is 0 Å². The van der Waals surface area contributed by atoms with Crippen LogP contribution in [0.1, 0.15) is 41.4 Å². The molecule has 4 rings (SSSR count). The smallest absolute Gasteiger partial charge is 0.340 e. The van der Waals surface area contributed by atoms with Gasteiger partial charge in [-0.05, 0) is 59.7 Å². The van der Waals surface area contributed by atoms with Crippen molar-refractivity contribution in [1.82, 2.24) is 0 Å². The third kappa shape index (κ3) is 5.29. The predicted molar refractivity (Wildman–Crippen MR) is 133 cm³/mol. The third-order valence-corrected chi connectivity index (χ3v) is 5.44. The van der Waals surface area contributed by atoms with Gasteiger partial charge in [0.2, 0.25) is 0 Å². The molecule has 0 fully saturated rings. The van der Waals surface area contributed by atoms with Gasteiger partial charge in [-0.3, -0.25) is 0 Å². The highest BCUT2D eigenvalue weighted by molar-refractivity contribution is 6.04. The summed E-state index contributed by atoms with van der Waals surface area (Å²) < 4.78 is 11.3. The fourth-order valence-corrected chi connectivity index (χ4v) is 3.71. The lowest BCUT2D eigenvalue weighted by Crippen LogP contribution is -2.09. The Hall–Kier alpha value is -5.64. The molecule has 4 aromatic carbocycles. The molecule has 0 bridgehead atoms. The summed E-state index contributed by atoms with van der Waals surface area (Å²) in [5.74, 6) is -5.27. The zero-order chi connectivity index (χ0) is 27.4. The first-order valence-corrected chi connectivity index (χ1v) is 10.9. The van der Waals surface area contributed by atoms with Gasteiger partial charge in [-0.1, -0.05) is 36.4 Å². The molecule has 190 valence electrons. The van der Waals surface area contributed by atoms with Crippen molar-refractivity contribution in [2.75, 3.05) is 0 Å². The Morgan fingerprint density at radius 1 is 0.447 bits per heavy atom. The third-order valence-electron chi connectivity index (χ3n) is 5.44. The van der Waals surface area contributed by atoms with E-state index in [-0.39, 0.29) is 22.6 Å². The Bertz CT molecular complexity index is 1440. The maximum atomic E-state index is 11.6. The number of carboxylic acid groups (broad SMARTS) is 4. The average molecular weight is 514 g/mol. The van der Waals surface area contributed by atoms with Crippen LogP contribution in [0.3, 0.4) is 0 Å². The zero-order valence-electron chi connectivity index (χ0n) is 19.3. The van der Waals surface area contributed by atoms with Gasteiger partial charge in [-0.2, -0.15) is 0 Å². The Balaban J connectivity index is 1.53. The number of hydrogen-bond donors (Lipinski definition) is 4. The van der Waals surface area contributed by atoms with Crippen LogP contribution in [0.4, 0.5) is 0 Å². The van der Waals surface area contributed by atoms with Crippen molar-refractivity contribution in [1.29, 1.82) is 0 Å². The second kappa shape index (κ2) is 10.5. The van der Waals surface area contributed by atoms with E-state index >= 15 is 0 Å². The lowest BCUT2D eigenvalue weighted by atomic mass is 10.0. The first-order chi connectivity index (χ1) is 18.2. The largest absolute Gasteiger partial charge is 0.478 e. The van der Waals surface area contributed by atoms with Crippen LogP contribution in [0.15, 0.2) is 84.9 Å². The van der Waals surface area contributed by atoms with Crippen molar-refractivity contribution in [3.8, 4) is 34.1 Å². The summed E-state index contributed by atoms with van der Waals surface area (Å²) in [6, 6.07) is 21.1. The summed E-state index contributed by atoms with van der Waals surface area (Å²) in [7, 11) is 0. The summed E-state index contributed by atoms with van der Waals surface area (Å²) in [6.07, 6.45) is 0. The number of benzene rings is 4. The normalized spacial score (nSPS) is 10.4. The molecule has 0 aromatic heterocycles. The Labute approximate surface area is 214 Å². The molecule has 0 heterocycles. The van der Waals surface area contributed by atoms with E-state index in [1.54, 1.807) is 48.5 Å². The summed E-state index contributed by atoms with van der Waals surface area (Å²) >= 11 is 0. The number of carboxylic acids is 4. The molecule has 0 radical (unpaired) electrons. The van der Waals surface area contributed by atoms with Crippen LogP contribution in [0.2, 0.25) is 0 Å². The molecular weight excluding hydrogens is 496 g/mol. The van der Waals surface area contributed by atoms with Gasteiger partial charge >= 0.3 is 23.9 Å². The van der Waals surface area contributed by atoms with Crippen LogP contribution in [0, 0.1) is 0 Å². The molecule has 10 nitrogen and oxygen atoms in total. The van der Waals surface area contributed by atoms with Crippen molar-refractivity contribution in [3.05, 3.63) is 107 Å². The van der Waals surface area contributed by atoms with E-state index in [1.807, 2.05) is 0 Å². The van der Waals surface area contributed by atoms with Crippen molar-refractivity contribution in [2.45, 2.75) is 0 Å². The standard InChI is InChI=1S/C28H18O10/c29-25(30)19-3-1-5-21(23(19)27(33)34)37-17-11-7-15(8-12-17)16-9-13-18(14-10-16)38-22-6-2-4-20(26(31)32)24(22)28(35)36/h1-14H,(H,29,30)(H,31,32)(H,33,34)(H,35,36). The van der Waals surface area contributed by atoms with E-state index in [0.29, 0.717) is 11.5 Å². The predicted octanol–water partition coefficient (Wildman–Crippen LogP) is 5.73. The van der Waals surface area contributed by atoms with Gasteiger partial charge < -0.3 is 29.9 Å². The molecule has 0 aliphatic heterocycles. The van der Waals surface area contributed by atoms with E-state index in [9.17, 15) is 39.6 Å². The van der Waals surface area contributed by atoms with Crippen LogP contribution < -0.4 is 9.47 Å². The molecule has 0 saturated carbocycles. The molecule has 4 aromatic rings. The fraction of sp³-hybridized carbons (Fsp3) is 0. The van der Waals surface area contributed by atoms with Crippen molar-refractivity contribution >= 4 is 23.9 Å². The molecule has 0 unspecified atom stereocenters. The lowest BCUT2D eigenvalue weighted by Gasteiger charge is -2.12. The van der Waals surface area contributed by atoms with Gasteiger partial charge in [0.25, 0.3) is 0 Å². The van der Waals surface area contributed by atoms with Gasteiger partial charge in [0.1, 0.15) is 34.1 Å². The van der Waals surface area contributed by atoms with Crippen LogP contribution in [-0.4, -0.2) is 44.3 Å². The number of aromatic carboxylic acids is 4. The minimum absolute atomic E-state index is 0.112. The van der Waals surface area contributed by atoms with Crippen molar-refractivity contribution < 1.29 is 49.1 Å². The molecule has 10 heteroatoms. The maximum absolute atomic E-state index is 11.6. The van der Waals surface area contributed by atoms with E-state index in [4.69, 9.17) is 9.47 Å². The molecular formula is C28H18O10. The first-order valence-electron chi connectivity index (χ1n) is 10.9. The number of rotatable bonds is 9. The molecule has 38 heavy (non-hydrogen) atoms. The number of hydrogen-bond acceptors (Lipinski definition) is 6. The lowest BCUT2D eigenvalue weighted by molar-refractivity contribution is 0.0649. The molecule has 0 amide bonds. The minimum atomic E-state index is -1.43. The SMILES string of the molecule is O=C(O)c1cccc(Oc2ccc(-c3ccc(Oc4cccc(C(=O)O)c4C(=O)O)cc3)cc2)c1C(=O)O. The Kier molecular flexibility index (Phi) is 7.06. The summed E-state index contributed by atoms with van der Waals surface area (Å²) in [4.78, 5) is 46.0. The fourth-order valence-electron chi connectivity index (χ4n) is 3.71. The van der Waals surface area contributed by atoms with Crippen molar-refractivity contribution in [2.24, 2.45) is 0 Å². The Morgan fingerprint density at radius 3 is 1.08 bits per heavy atom. The summed E-state index contributed by atoms with van der Waals surface area (Å²) in [6.45, 7) is 0. The Morgan fingerprint density at radius 2 is 0.789 bits per heavy atom. The molecule has 0 aliphatic carbocycles. The zero-order valence-corrected chi connectivity index (χ0v) is 19.3.